The maximum atomic E-state index is 12.1. The van der Waals surface area contributed by atoms with Crippen molar-refractivity contribution in [1.29, 1.82) is 0 Å². The molecule has 0 fully saturated rings. The number of benzene rings is 1. The van der Waals surface area contributed by atoms with Crippen molar-refractivity contribution < 1.29 is 9.90 Å². The third-order valence-electron chi connectivity index (χ3n) is 3.04. The van der Waals surface area contributed by atoms with Gasteiger partial charge < -0.3 is 10.4 Å². The number of carbonyl (C=O) groups is 1. The monoisotopic (exact) mass is 327 g/mol. The highest BCUT2D eigenvalue weighted by molar-refractivity contribution is 9.10. The Morgan fingerprint density at radius 1 is 1.37 bits per heavy atom. The summed E-state index contributed by atoms with van der Waals surface area (Å²) < 4.78 is 0.914. The van der Waals surface area contributed by atoms with Crippen LogP contribution < -0.4 is 5.32 Å². The second-order valence-corrected chi connectivity index (χ2v) is 6.61. The summed E-state index contributed by atoms with van der Waals surface area (Å²) in [4.78, 5) is 12.1. The SMILES string of the molecule is Cc1cc(Br)cc(C(=O)NCC(C)(C)CCCO)c1. The van der Waals surface area contributed by atoms with Gasteiger partial charge in [0.05, 0.1) is 0 Å². The molecule has 0 saturated heterocycles. The van der Waals surface area contributed by atoms with E-state index in [1.807, 2.05) is 25.1 Å². The van der Waals surface area contributed by atoms with E-state index < -0.39 is 0 Å². The first kappa shape index (κ1) is 16.2. The molecule has 0 heterocycles. The number of amides is 1. The van der Waals surface area contributed by atoms with Gasteiger partial charge in [-0.15, -0.1) is 0 Å². The molecule has 0 bridgehead atoms. The lowest BCUT2D eigenvalue weighted by molar-refractivity contribution is 0.0933. The van der Waals surface area contributed by atoms with Crippen molar-refractivity contribution in [2.75, 3.05) is 13.2 Å². The summed E-state index contributed by atoms with van der Waals surface area (Å²) in [6.07, 6.45) is 1.65. The van der Waals surface area contributed by atoms with Crippen LogP contribution in [0.5, 0.6) is 0 Å². The molecule has 0 aliphatic heterocycles. The minimum atomic E-state index is -0.0542. The molecule has 0 unspecified atom stereocenters. The van der Waals surface area contributed by atoms with Crippen LogP contribution in [0.15, 0.2) is 22.7 Å². The smallest absolute Gasteiger partial charge is 0.251 e. The van der Waals surface area contributed by atoms with Crippen LogP contribution in [0.4, 0.5) is 0 Å². The Morgan fingerprint density at radius 2 is 2.05 bits per heavy atom. The molecule has 4 heteroatoms. The molecule has 2 N–H and O–H groups in total. The van der Waals surface area contributed by atoms with E-state index in [0.29, 0.717) is 12.1 Å². The summed E-state index contributed by atoms with van der Waals surface area (Å²) in [5.74, 6) is -0.0542. The van der Waals surface area contributed by atoms with Gasteiger partial charge in [0.2, 0.25) is 0 Å². The Labute approximate surface area is 123 Å². The Bertz CT molecular complexity index is 424. The minimum Gasteiger partial charge on any atom is -0.396 e. The highest BCUT2D eigenvalue weighted by Gasteiger charge is 2.18. The lowest BCUT2D eigenvalue weighted by atomic mass is 9.88. The molecular weight excluding hydrogens is 306 g/mol. The Kier molecular flexibility index (Phi) is 6.01. The number of aliphatic hydroxyl groups is 1. The fraction of sp³-hybridized carbons (Fsp3) is 0.533. The van der Waals surface area contributed by atoms with Crippen molar-refractivity contribution in [3.05, 3.63) is 33.8 Å². The summed E-state index contributed by atoms with van der Waals surface area (Å²) in [6, 6.07) is 5.67. The molecule has 19 heavy (non-hydrogen) atoms. The molecule has 1 aromatic carbocycles. The molecule has 0 atom stereocenters. The summed E-state index contributed by atoms with van der Waals surface area (Å²) in [6.45, 7) is 6.95. The van der Waals surface area contributed by atoms with Gasteiger partial charge in [-0.25, -0.2) is 0 Å². The van der Waals surface area contributed by atoms with Gasteiger partial charge in [-0.1, -0.05) is 29.8 Å². The Balaban J connectivity index is 2.60. The highest BCUT2D eigenvalue weighted by Crippen LogP contribution is 2.21. The number of halogens is 1. The van der Waals surface area contributed by atoms with Crippen molar-refractivity contribution in [3.8, 4) is 0 Å². The fourth-order valence-corrected chi connectivity index (χ4v) is 2.54. The molecule has 1 rings (SSSR count). The predicted octanol–water partition coefficient (Wildman–Crippen LogP) is 3.29. The van der Waals surface area contributed by atoms with E-state index in [9.17, 15) is 4.79 Å². The van der Waals surface area contributed by atoms with E-state index in [1.54, 1.807) is 0 Å². The quantitative estimate of drug-likeness (QED) is 0.842. The van der Waals surface area contributed by atoms with Crippen molar-refractivity contribution in [2.24, 2.45) is 5.41 Å². The molecule has 1 amide bonds. The molecule has 0 aliphatic carbocycles. The van der Waals surface area contributed by atoms with Crippen LogP contribution in [0.25, 0.3) is 0 Å². The highest BCUT2D eigenvalue weighted by atomic mass is 79.9. The zero-order valence-electron chi connectivity index (χ0n) is 11.8. The predicted molar refractivity (Wildman–Crippen MR) is 81.3 cm³/mol. The van der Waals surface area contributed by atoms with Crippen LogP contribution in [-0.4, -0.2) is 24.2 Å². The standard InChI is InChI=1S/C15H22BrNO2/c1-11-7-12(9-13(16)8-11)14(19)17-10-15(2,3)5-4-6-18/h7-9,18H,4-6,10H2,1-3H3,(H,17,19). The molecule has 3 nitrogen and oxygen atoms in total. The number of rotatable bonds is 6. The zero-order valence-corrected chi connectivity index (χ0v) is 13.4. The number of aliphatic hydroxyl groups excluding tert-OH is 1. The van der Waals surface area contributed by atoms with Gasteiger partial charge in [-0.05, 0) is 48.9 Å². The number of hydrogen-bond acceptors (Lipinski definition) is 2. The maximum absolute atomic E-state index is 12.1. The van der Waals surface area contributed by atoms with E-state index >= 15 is 0 Å². The van der Waals surface area contributed by atoms with Gasteiger partial charge in [-0.3, -0.25) is 4.79 Å². The van der Waals surface area contributed by atoms with E-state index in [2.05, 4.69) is 35.1 Å². The van der Waals surface area contributed by atoms with Crippen molar-refractivity contribution >= 4 is 21.8 Å². The molecule has 1 aromatic rings. The minimum absolute atomic E-state index is 0.000548. The van der Waals surface area contributed by atoms with Gasteiger partial charge in [0.15, 0.2) is 0 Å². The molecule has 0 aliphatic rings. The van der Waals surface area contributed by atoms with Crippen LogP contribution in [0.1, 0.15) is 42.6 Å². The third kappa shape index (κ3) is 5.74. The van der Waals surface area contributed by atoms with Crippen LogP contribution >= 0.6 is 15.9 Å². The van der Waals surface area contributed by atoms with Crippen molar-refractivity contribution in [3.63, 3.8) is 0 Å². The molecule has 0 radical (unpaired) electrons. The van der Waals surface area contributed by atoms with Crippen LogP contribution in [0.3, 0.4) is 0 Å². The molecule has 0 saturated carbocycles. The van der Waals surface area contributed by atoms with Crippen LogP contribution in [-0.2, 0) is 0 Å². The lowest BCUT2D eigenvalue weighted by Crippen LogP contribution is -2.34. The van der Waals surface area contributed by atoms with Crippen LogP contribution in [0.2, 0.25) is 0 Å². The average Bonchev–Trinajstić information content (AvgIpc) is 2.32. The molecule has 106 valence electrons. The zero-order chi connectivity index (χ0) is 14.5. The number of aryl methyl sites for hydroxylation is 1. The number of carbonyl (C=O) groups excluding carboxylic acids is 1. The molecular formula is C15H22BrNO2. The largest absolute Gasteiger partial charge is 0.396 e. The van der Waals surface area contributed by atoms with Gasteiger partial charge in [0.1, 0.15) is 0 Å². The van der Waals surface area contributed by atoms with Gasteiger partial charge >= 0.3 is 0 Å². The number of nitrogens with one attached hydrogen (secondary N) is 1. The topological polar surface area (TPSA) is 49.3 Å². The summed E-state index contributed by atoms with van der Waals surface area (Å²) in [5.41, 5.74) is 1.73. The Morgan fingerprint density at radius 3 is 2.63 bits per heavy atom. The average molecular weight is 328 g/mol. The summed E-state index contributed by atoms with van der Waals surface area (Å²) in [7, 11) is 0. The molecule has 0 aromatic heterocycles. The second-order valence-electron chi connectivity index (χ2n) is 5.69. The van der Waals surface area contributed by atoms with Gasteiger partial charge in [0, 0.05) is 23.2 Å². The van der Waals surface area contributed by atoms with Crippen molar-refractivity contribution in [2.45, 2.75) is 33.6 Å². The van der Waals surface area contributed by atoms with E-state index in [4.69, 9.17) is 5.11 Å². The summed E-state index contributed by atoms with van der Waals surface area (Å²) in [5, 5.41) is 11.8. The first-order valence-corrected chi connectivity index (χ1v) is 7.30. The van der Waals surface area contributed by atoms with E-state index in [0.717, 1.165) is 22.9 Å². The number of hydrogen-bond donors (Lipinski definition) is 2. The molecule has 0 spiro atoms. The maximum Gasteiger partial charge on any atom is 0.251 e. The van der Waals surface area contributed by atoms with E-state index in [-0.39, 0.29) is 17.9 Å². The van der Waals surface area contributed by atoms with Crippen molar-refractivity contribution in [1.82, 2.24) is 5.32 Å². The fourth-order valence-electron chi connectivity index (χ4n) is 1.94. The lowest BCUT2D eigenvalue weighted by Gasteiger charge is -2.24. The second kappa shape index (κ2) is 7.06. The Hall–Kier alpha value is -0.870. The third-order valence-corrected chi connectivity index (χ3v) is 3.50. The van der Waals surface area contributed by atoms with Gasteiger partial charge in [0.25, 0.3) is 5.91 Å². The normalized spacial score (nSPS) is 11.4. The first-order valence-electron chi connectivity index (χ1n) is 6.50. The van der Waals surface area contributed by atoms with Gasteiger partial charge in [-0.2, -0.15) is 0 Å². The van der Waals surface area contributed by atoms with E-state index in [1.165, 1.54) is 0 Å². The first-order chi connectivity index (χ1) is 8.84. The van der Waals surface area contributed by atoms with Crippen LogP contribution in [0, 0.1) is 12.3 Å². The summed E-state index contributed by atoms with van der Waals surface area (Å²) >= 11 is 3.40.